The average molecular weight is 318 g/mol. The summed E-state index contributed by atoms with van der Waals surface area (Å²) in [6, 6.07) is 0. The number of hydrogen-bond acceptors (Lipinski definition) is 7. The van der Waals surface area contributed by atoms with Crippen molar-refractivity contribution >= 4 is 17.0 Å². The van der Waals surface area contributed by atoms with Crippen LogP contribution in [0.1, 0.15) is 0 Å². The number of ether oxygens (including phenoxy) is 2. The maximum Gasteiger partial charge on any atom is 0.165 e. The van der Waals surface area contributed by atoms with E-state index in [1.165, 1.54) is 0 Å². The molecule has 0 aromatic carbocycles. The van der Waals surface area contributed by atoms with Gasteiger partial charge < -0.3 is 18.9 Å². The van der Waals surface area contributed by atoms with Crippen LogP contribution in [0.15, 0.2) is 12.7 Å². The molecule has 8 nitrogen and oxygen atoms in total. The Morgan fingerprint density at radius 1 is 0.870 bits per heavy atom. The fourth-order valence-corrected chi connectivity index (χ4v) is 3.11. The fourth-order valence-electron chi connectivity index (χ4n) is 3.11. The van der Waals surface area contributed by atoms with Crippen LogP contribution in [0.2, 0.25) is 0 Å². The SMILES string of the molecule is c1nc(N2CCOCC2)c2ncn(CCN3CCOCC3)c2n1. The van der Waals surface area contributed by atoms with E-state index in [2.05, 4.69) is 29.3 Å². The number of morpholine rings is 2. The molecule has 0 atom stereocenters. The van der Waals surface area contributed by atoms with Gasteiger partial charge in [-0.15, -0.1) is 0 Å². The Kier molecular flexibility index (Phi) is 4.36. The van der Waals surface area contributed by atoms with Crippen molar-refractivity contribution in [1.29, 1.82) is 0 Å². The summed E-state index contributed by atoms with van der Waals surface area (Å²) in [5.74, 6) is 0.920. The lowest BCUT2D eigenvalue weighted by Gasteiger charge is -2.27. The Balaban J connectivity index is 1.52. The van der Waals surface area contributed by atoms with E-state index in [-0.39, 0.29) is 0 Å². The van der Waals surface area contributed by atoms with Crippen molar-refractivity contribution in [3.05, 3.63) is 12.7 Å². The number of hydrogen-bond donors (Lipinski definition) is 0. The van der Waals surface area contributed by atoms with E-state index < -0.39 is 0 Å². The van der Waals surface area contributed by atoms with Crippen LogP contribution in [0, 0.1) is 0 Å². The van der Waals surface area contributed by atoms with Crippen molar-refractivity contribution in [2.45, 2.75) is 6.54 Å². The molecule has 0 N–H and O–H groups in total. The summed E-state index contributed by atoms with van der Waals surface area (Å²) >= 11 is 0. The van der Waals surface area contributed by atoms with Gasteiger partial charge in [0.15, 0.2) is 17.0 Å². The number of aromatic nitrogens is 4. The monoisotopic (exact) mass is 318 g/mol. The Bertz CT molecular complexity index is 648. The largest absolute Gasteiger partial charge is 0.379 e. The normalized spacial score (nSPS) is 20.3. The molecule has 2 aromatic rings. The van der Waals surface area contributed by atoms with Gasteiger partial charge in [-0.3, -0.25) is 4.90 Å². The zero-order valence-electron chi connectivity index (χ0n) is 13.2. The molecule has 2 aliphatic heterocycles. The lowest BCUT2D eigenvalue weighted by Crippen LogP contribution is -2.38. The first-order chi connectivity index (χ1) is 11.4. The van der Waals surface area contributed by atoms with Gasteiger partial charge in [-0.25, -0.2) is 15.0 Å². The molecule has 124 valence electrons. The van der Waals surface area contributed by atoms with Crippen LogP contribution in [0.5, 0.6) is 0 Å². The quantitative estimate of drug-likeness (QED) is 0.785. The molecule has 0 unspecified atom stereocenters. The molecule has 2 aromatic heterocycles. The highest BCUT2D eigenvalue weighted by molar-refractivity contribution is 5.83. The number of rotatable bonds is 4. The summed E-state index contributed by atoms with van der Waals surface area (Å²) in [6.07, 6.45) is 3.52. The van der Waals surface area contributed by atoms with Crippen molar-refractivity contribution in [2.24, 2.45) is 0 Å². The highest BCUT2D eigenvalue weighted by Gasteiger charge is 2.18. The van der Waals surface area contributed by atoms with E-state index in [4.69, 9.17) is 9.47 Å². The maximum absolute atomic E-state index is 5.42. The molecule has 0 radical (unpaired) electrons. The van der Waals surface area contributed by atoms with Gasteiger partial charge in [-0.1, -0.05) is 0 Å². The summed E-state index contributed by atoms with van der Waals surface area (Å²) in [5.41, 5.74) is 1.80. The summed E-state index contributed by atoms with van der Waals surface area (Å²) in [6.45, 7) is 8.72. The molecule has 2 aliphatic rings. The number of anilines is 1. The summed E-state index contributed by atoms with van der Waals surface area (Å²) in [7, 11) is 0. The minimum atomic E-state index is 0.739. The van der Waals surface area contributed by atoms with Crippen molar-refractivity contribution < 1.29 is 9.47 Å². The first kappa shape index (κ1) is 14.8. The smallest absolute Gasteiger partial charge is 0.165 e. The molecule has 8 heteroatoms. The fraction of sp³-hybridized carbons (Fsp3) is 0.667. The van der Waals surface area contributed by atoms with Crippen LogP contribution in [-0.2, 0) is 16.0 Å². The van der Waals surface area contributed by atoms with Crippen molar-refractivity contribution in [3.8, 4) is 0 Å². The minimum Gasteiger partial charge on any atom is -0.379 e. The summed E-state index contributed by atoms with van der Waals surface area (Å²) < 4.78 is 12.9. The first-order valence-electron chi connectivity index (χ1n) is 8.20. The topological polar surface area (TPSA) is 68.5 Å². The molecule has 4 heterocycles. The third-order valence-electron chi connectivity index (χ3n) is 4.45. The zero-order chi connectivity index (χ0) is 15.5. The molecule has 0 spiro atoms. The second-order valence-electron chi connectivity index (χ2n) is 5.86. The van der Waals surface area contributed by atoms with Crippen LogP contribution < -0.4 is 4.90 Å². The van der Waals surface area contributed by atoms with Crippen LogP contribution >= 0.6 is 0 Å². The lowest BCUT2D eigenvalue weighted by atomic mass is 10.3. The Morgan fingerprint density at radius 2 is 1.61 bits per heavy atom. The van der Waals surface area contributed by atoms with Gasteiger partial charge >= 0.3 is 0 Å². The molecule has 0 aliphatic carbocycles. The van der Waals surface area contributed by atoms with Gasteiger partial charge in [0.05, 0.1) is 32.8 Å². The van der Waals surface area contributed by atoms with E-state index in [9.17, 15) is 0 Å². The maximum atomic E-state index is 5.42. The third-order valence-corrected chi connectivity index (χ3v) is 4.45. The summed E-state index contributed by atoms with van der Waals surface area (Å²) in [5, 5.41) is 0. The van der Waals surface area contributed by atoms with Crippen LogP contribution in [0.4, 0.5) is 5.82 Å². The highest BCUT2D eigenvalue weighted by atomic mass is 16.5. The average Bonchev–Trinajstić information content (AvgIpc) is 3.05. The number of nitrogens with zero attached hydrogens (tertiary/aromatic N) is 6. The summed E-state index contributed by atoms with van der Waals surface area (Å²) in [4.78, 5) is 18.1. The Morgan fingerprint density at radius 3 is 2.39 bits per heavy atom. The molecule has 2 saturated heterocycles. The second kappa shape index (κ2) is 6.77. The van der Waals surface area contributed by atoms with E-state index in [1.54, 1.807) is 6.33 Å². The molecule has 0 saturated carbocycles. The molecular formula is C15H22N6O2. The third kappa shape index (κ3) is 3.15. The van der Waals surface area contributed by atoms with Gasteiger partial charge in [0, 0.05) is 39.3 Å². The minimum absolute atomic E-state index is 0.739. The Labute approximate surface area is 135 Å². The van der Waals surface area contributed by atoms with Crippen LogP contribution in [-0.4, -0.2) is 83.6 Å². The van der Waals surface area contributed by atoms with Crippen molar-refractivity contribution in [2.75, 3.05) is 64.1 Å². The molecule has 0 amide bonds. The highest BCUT2D eigenvalue weighted by Crippen LogP contribution is 2.22. The van der Waals surface area contributed by atoms with Gasteiger partial charge in [0.1, 0.15) is 6.33 Å². The molecule has 2 fully saturated rings. The zero-order valence-corrected chi connectivity index (χ0v) is 13.2. The van der Waals surface area contributed by atoms with Crippen molar-refractivity contribution in [1.82, 2.24) is 24.4 Å². The molecule has 0 bridgehead atoms. The van der Waals surface area contributed by atoms with E-state index in [1.807, 2.05) is 6.33 Å². The van der Waals surface area contributed by atoms with Gasteiger partial charge in [-0.2, -0.15) is 0 Å². The van der Waals surface area contributed by atoms with Crippen LogP contribution in [0.3, 0.4) is 0 Å². The van der Waals surface area contributed by atoms with Gasteiger partial charge in [0.25, 0.3) is 0 Å². The van der Waals surface area contributed by atoms with Crippen molar-refractivity contribution in [3.63, 3.8) is 0 Å². The number of imidazole rings is 1. The molecular weight excluding hydrogens is 296 g/mol. The lowest BCUT2D eigenvalue weighted by molar-refractivity contribution is 0.0365. The van der Waals surface area contributed by atoms with Gasteiger partial charge in [-0.05, 0) is 0 Å². The van der Waals surface area contributed by atoms with Crippen LogP contribution in [0.25, 0.3) is 11.2 Å². The second-order valence-corrected chi connectivity index (χ2v) is 5.86. The predicted molar refractivity (Wildman–Crippen MR) is 85.6 cm³/mol. The Hall–Kier alpha value is -1.77. The predicted octanol–water partition coefficient (Wildman–Crippen LogP) is -0.00490. The van der Waals surface area contributed by atoms with E-state index in [0.29, 0.717) is 0 Å². The molecule has 4 rings (SSSR count). The first-order valence-corrected chi connectivity index (χ1v) is 8.20. The standard InChI is InChI=1S/C15H22N6O2/c1(19-3-7-22-8-4-19)2-21-12-18-13-14(16-11-17-15(13)21)20-5-9-23-10-6-20/h11-12H,1-10H2. The van der Waals surface area contributed by atoms with E-state index in [0.717, 1.165) is 82.7 Å². The van der Waals surface area contributed by atoms with Gasteiger partial charge in [0.2, 0.25) is 0 Å². The molecule has 23 heavy (non-hydrogen) atoms. The number of fused-ring (bicyclic) bond motifs is 1. The van der Waals surface area contributed by atoms with E-state index >= 15 is 0 Å².